The molecule has 0 spiro atoms. The summed E-state index contributed by atoms with van der Waals surface area (Å²) in [6.45, 7) is 5.03. The molecule has 2 atom stereocenters. The fraction of sp³-hybridized carbons (Fsp3) is 0.533. The van der Waals surface area contributed by atoms with Gasteiger partial charge in [-0.3, -0.25) is 9.52 Å². The van der Waals surface area contributed by atoms with E-state index in [4.69, 9.17) is 5.73 Å². The molecular weight excluding hydrogens is 338 g/mol. The van der Waals surface area contributed by atoms with Gasteiger partial charge >= 0.3 is 0 Å². The van der Waals surface area contributed by atoms with Crippen LogP contribution in [0.25, 0.3) is 0 Å². The van der Waals surface area contributed by atoms with Crippen molar-refractivity contribution in [3.63, 3.8) is 0 Å². The predicted molar refractivity (Wildman–Crippen MR) is 94.6 cm³/mol. The highest BCUT2D eigenvalue weighted by Gasteiger charge is 2.32. The third kappa shape index (κ3) is 4.83. The first-order valence-corrected chi connectivity index (χ1v) is 9.20. The number of hydrogen-bond acceptors (Lipinski definition) is 4. The molecule has 0 aliphatic carbocycles. The summed E-state index contributed by atoms with van der Waals surface area (Å²) in [7, 11) is -3.38. The van der Waals surface area contributed by atoms with E-state index >= 15 is 0 Å². The highest BCUT2D eigenvalue weighted by molar-refractivity contribution is 7.92. The molecule has 0 bridgehead atoms. The second-order valence-corrected chi connectivity index (χ2v) is 7.80. The van der Waals surface area contributed by atoms with Crippen LogP contribution >= 0.6 is 12.4 Å². The van der Waals surface area contributed by atoms with E-state index in [0.717, 1.165) is 18.2 Å². The molecule has 1 aliphatic heterocycles. The number of rotatable bonds is 4. The van der Waals surface area contributed by atoms with Gasteiger partial charge in [-0.15, -0.1) is 12.4 Å². The van der Waals surface area contributed by atoms with Gasteiger partial charge in [-0.1, -0.05) is 6.07 Å². The Kier molecular flexibility index (Phi) is 6.44. The first kappa shape index (κ1) is 19.7. The summed E-state index contributed by atoms with van der Waals surface area (Å²) in [5.74, 6) is 0.248. The molecule has 8 heteroatoms. The van der Waals surface area contributed by atoms with Crippen molar-refractivity contribution in [1.82, 2.24) is 4.90 Å². The molecule has 130 valence electrons. The molecule has 1 aliphatic rings. The standard InChI is InChI=1S/C15H23N3O3S.ClH/c1-10-4-5-13(7-14(10)17-22(3,20)21)15(19)18-9-12(8-16)6-11(18)2;/h4-5,7,11-12,17H,6,8-9,16H2,1-3H3;1H. The third-order valence-electron chi connectivity index (χ3n) is 4.04. The Balaban J connectivity index is 0.00000264. The van der Waals surface area contributed by atoms with Gasteiger partial charge in [0, 0.05) is 18.2 Å². The van der Waals surface area contributed by atoms with Crippen molar-refractivity contribution < 1.29 is 13.2 Å². The van der Waals surface area contributed by atoms with Crippen molar-refractivity contribution in [3.8, 4) is 0 Å². The van der Waals surface area contributed by atoms with E-state index in [1.165, 1.54) is 0 Å². The van der Waals surface area contributed by atoms with Gasteiger partial charge in [0.1, 0.15) is 0 Å². The maximum absolute atomic E-state index is 12.7. The number of hydrogen-bond donors (Lipinski definition) is 2. The normalized spacial score (nSPS) is 21.0. The lowest BCUT2D eigenvalue weighted by Gasteiger charge is -2.22. The Labute approximate surface area is 143 Å². The van der Waals surface area contributed by atoms with E-state index in [9.17, 15) is 13.2 Å². The molecule has 1 amide bonds. The van der Waals surface area contributed by atoms with Crippen molar-refractivity contribution in [2.75, 3.05) is 24.1 Å². The van der Waals surface area contributed by atoms with Gasteiger partial charge in [-0.05, 0) is 50.4 Å². The average Bonchev–Trinajstić information content (AvgIpc) is 2.80. The molecule has 1 heterocycles. The number of nitrogens with two attached hydrogens (primary N) is 1. The number of likely N-dealkylation sites (tertiary alicyclic amines) is 1. The summed E-state index contributed by atoms with van der Waals surface area (Å²) in [5.41, 5.74) is 7.40. The van der Waals surface area contributed by atoms with Crippen LogP contribution in [0.1, 0.15) is 29.3 Å². The van der Waals surface area contributed by atoms with Crippen LogP contribution in [0.15, 0.2) is 18.2 Å². The van der Waals surface area contributed by atoms with E-state index in [1.54, 1.807) is 25.1 Å². The quantitative estimate of drug-likeness (QED) is 0.851. The van der Waals surface area contributed by atoms with Gasteiger partial charge in [0.2, 0.25) is 10.0 Å². The summed E-state index contributed by atoms with van der Waals surface area (Å²) < 4.78 is 25.3. The zero-order valence-corrected chi connectivity index (χ0v) is 15.2. The SMILES string of the molecule is Cc1ccc(C(=O)N2CC(CN)CC2C)cc1NS(C)(=O)=O.Cl. The second-order valence-electron chi connectivity index (χ2n) is 6.05. The van der Waals surface area contributed by atoms with E-state index in [1.807, 2.05) is 11.8 Å². The third-order valence-corrected chi connectivity index (χ3v) is 4.63. The van der Waals surface area contributed by atoms with Crippen molar-refractivity contribution in [3.05, 3.63) is 29.3 Å². The van der Waals surface area contributed by atoms with Crippen LogP contribution in [-0.2, 0) is 10.0 Å². The first-order valence-electron chi connectivity index (χ1n) is 7.30. The lowest BCUT2D eigenvalue weighted by molar-refractivity contribution is 0.0743. The molecule has 3 N–H and O–H groups in total. The number of nitrogens with one attached hydrogen (secondary N) is 1. The number of benzene rings is 1. The van der Waals surface area contributed by atoms with Crippen molar-refractivity contribution >= 4 is 34.0 Å². The minimum Gasteiger partial charge on any atom is -0.336 e. The number of nitrogens with zero attached hydrogens (tertiary/aromatic N) is 1. The number of amides is 1. The van der Waals surface area contributed by atoms with Crippen LogP contribution in [-0.4, -0.2) is 44.6 Å². The monoisotopic (exact) mass is 361 g/mol. The average molecular weight is 362 g/mol. The molecule has 23 heavy (non-hydrogen) atoms. The molecule has 2 unspecified atom stereocenters. The van der Waals surface area contributed by atoms with Crippen LogP contribution in [0.3, 0.4) is 0 Å². The minimum absolute atomic E-state index is 0. The predicted octanol–water partition coefficient (Wildman–Crippen LogP) is 1.60. The van der Waals surface area contributed by atoms with Crippen LogP contribution in [0.2, 0.25) is 0 Å². The van der Waals surface area contributed by atoms with Crippen LogP contribution in [0.4, 0.5) is 5.69 Å². The number of sulfonamides is 1. The van der Waals surface area contributed by atoms with E-state index < -0.39 is 10.0 Å². The highest BCUT2D eigenvalue weighted by Crippen LogP contribution is 2.26. The first-order chi connectivity index (χ1) is 10.2. The lowest BCUT2D eigenvalue weighted by Crippen LogP contribution is -2.34. The Morgan fingerprint density at radius 1 is 1.43 bits per heavy atom. The minimum atomic E-state index is -3.38. The van der Waals surface area contributed by atoms with Crippen molar-refractivity contribution in [1.29, 1.82) is 0 Å². The van der Waals surface area contributed by atoms with E-state index in [2.05, 4.69) is 4.72 Å². The van der Waals surface area contributed by atoms with Gasteiger partial charge in [0.15, 0.2) is 0 Å². The maximum Gasteiger partial charge on any atom is 0.254 e. The molecule has 1 aromatic carbocycles. The summed E-state index contributed by atoms with van der Waals surface area (Å²) in [6, 6.07) is 5.23. The largest absolute Gasteiger partial charge is 0.336 e. The van der Waals surface area contributed by atoms with Crippen molar-refractivity contribution in [2.45, 2.75) is 26.3 Å². The van der Waals surface area contributed by atoms with Crippen LogP contribution in [0, 0.1) is 12.8 Å². The molecule has 1 saturated heterocycles. The number of anilines is 1. The van der Waals surface area contributed by atoms with E-state index in [0.29, 0.717) is 30.3 Å². The summed E-state index contributed by atoms with van der Waals surface area (Å²) in [5, 5.41) is 0. The number of aryl methyl sites for hydroxylation is 1. The Hall–Kier alpha value is -1.31. The molecule has 1 aromatic rings. The molecular formula is C15H24ClN3O3S. The fourth-order valence-corrected chi connectivity index (χ4v) is 3.45. The zero-order valence-electron chi connectivity index (χ0n) is 13.6. The van der Waals surface area contributed by atoms with Crippen molar-refractivity contribution in [2.24, 2.45) is 11.7 Å². The number of carbonyl (C=O) groups is 1. The molecule has 2 rings (SSSR count). The smallest absolute Gasteiger partial charge is 0.254 e. The fourth-order valence-electron chi connectivity index (χ4n) is 2.83. The summed E-state index contributed by atoms with van der Waals surface area (Å²) in [6.07, 6.45) is 2.00. The second kappa shape index (κ2) is 7.51. The number of carbonyl (C=O) groups excluding carboxylic acids is 1. The van der Waals surface area contributed by atoms with Gasteiger partial charge in [0.05, 0.1) is 11.9 Å². The van der Waals surface area contributed by atoms with Gasteiger partial charge in [-0.2, -0.15) is 0 Å². The highest BCUT2D eigenvalue weighted by atomic mass is 35.5. The summed E-state index contributed by atoms with van der Waals surface area (Å²) >= 11 is 0. The van der Waals surface area contributed by atoms with E-state index in [-0.39, 0.29) is 24.4 Å². The number of halogens is 1. The zero-order chi connectivity index (χ0) is 16.5. The molecule has 0 aromatic heterocycles. The molecule has 1 fully saturated rings. The Morgan fingerprint density at radius 3 is 2.61 bits per heavy atom. The molecule has 0 saturated carbocycles. The molecule has 0 radical (unpaired) electrons. The van der Waals surface area contributed by atoms with Crippen LogP contribution in [0.5, 0.6) is 0 Å². The van der Waals surface area contributed by atoms with Gasteiger partial charge in [-0.25, -0.2) is 8.42 Å². The van der Waals surface area contributed by atoms with Gasteiger partial charge in [0.25, 0.3) is 5.91 Å². The maximum atomic E-state index is 12.7. The Bertz CT molecular complexity index is 679. The van der Waals surface area contributed by atoms with Crippen LogP contribution < -0.4 is 10.5 Å². The Morgan fingerprint density at radius 2 is 2.09 bits per heavy atom. The lowest BCUT2D eigenvalue weighted by atomic mass is 10.1. The van der Waals surface area contributed by atoms with Gasteiger partial charge < -0.3 is 10.6 Å². The summed E-state index contributed by atoms with van der Waals surface area (Å²) in [4.78, 5) is 14.5. The molecule has 6 nitrogen and oxygen atoms in total. The topological polar surface area (TPSA) is 92.5 Å².